The summed E-state index contributed by atoms with van der Waals surface area (Å²) >= 11 is 5.87. The molecule has 27 heavy (non-hydrogen) atoms. The van der Waals surface area contributed by atoms with Crippen LogP contribution < -0.4 is 10.6 Å². The molecule has 3 aromatic rings. The molecule has 0 fully saturated rings. The Morgan fingerprint density at radius 2 is 1.52 bits per heavy atom. The molecule has 1 amide bonds. The summed E-state index contributed by atoms with van der Waals surface area (Å²) in [5, 5.41) is 6.78. The van der Waals surface area contributed by atoms with Gasteiger partial charge < -0.3 is 10.6 Å². The molecule has 1 aromatic heterocycles. The lowest BCUT2D eigenvalue weighted by molar-refractivity contribution is -0.116. The number of halogens is 1. The molecule has 6 heteroatoms. The van der Waals surface area contributed by atoms with Crippen molar-refractivity contribution >= 4 is 34.8 Å². The van der Waals surface area contributed by atoms with Crippen molar-refractivity contribution in [2.45, 2.75) is 26.7 Å². The maximum atomic E-state index is 12.1. The first-order valence-electron chi connectivity index (χ1n) is 8.71. The first-order valence-corrected chi connectivity index (χ1v) is 9.09. The highest BCUT2D eigenvalue weighted by atomic mass is 35.5. The molecule has 0 radical (unpaired) electrons. The number of carbonyl (C=O) groups excluding carboxylic acids is 1. The average Bonchev–Trinajstić information content (AvgIpc) is 2.62. The second-order valence-corrected chi connectivity index (χ2v) is 6.79. The molecular formula is C21H21ClN4O. The van der Waals surface area contributed by atoms with Crippen molar-refractivity contribution in [2.75, 3.05) is 10.6 Å². The number of benzene rings is 2. The highest BCUT2D eigenvalue weighted by molar-refractivity contribution is 6.30. The number of anilines is 3. The zero-order chi connectivity index (χ0) is 19.2. The van der Waals surface area contributed by atoms with Crippen LogP contribution in [-0.4, -0.2) is 15.9 Å². The number of aryl methyl sites for hydroxylation is 3. The number of hydrogen-bond donors (Lipinski definition) is 2. The fourth-order valence-electron chi connectivity index (χ4n) is 2.68. The van der Waals surface area contributed by atoms with E-state index in [1.54, 1.807) is 0 Å². The number of aromatic nitrogens is 2. The SMILES string of the molecule is Cc1cc(C)nc(Nc2ccc(NC(=O)CCc3ccc(Cl)cc3)cc2)n1. The second-order valence-electron chi connectivity index (χ2n) is 6.35. The summed E-state index contributed by atoms with van der Waals surface area (Å²) in [6.07, 6.45) is 1.09. The summed E-state index contributed by atoms with van der Waals surface area (Å²) in [5.41, 5.74) is 4.52. The number of carbonyl (C=O) groups is 1. The van der Waals surface area contributed by atoms with Gasteiger partial charge in [-0.2, -0.15) is 0 Å². The molecule has 0 saturated heterocycles. The van der Waals surface area contributed by atoms with Crippen LogP contribution in [0.2, 0.25) is 5.02 Å². The number of hydrogen-bond acceptors (Lipinski definition) is 4. The standard InChI is InChI=1S/C21H21ClN4O/c1-14-13-15(2)24-21(23-14)26-19-10-8-18(9-11-19)25-20(27)12-5-16-3-6-17(22)7-4-16/h3-4,6-11,13H,5,12H2,1-2H3,(H,25,27)(H,23,24,26). The number of amides is 1. The minimum Gasteiger partial charge on any atom is -0.326 e. The quantitative estimate of drug-likeness (QED) is 0.627. The van der Waals surface area contributed by atoms with E-state index in [-0.39, 0.29) is 5.91 Å². The molecular weight excluding hydrogens is 360 g/mol. The fourth-order valence-corrected chi connectivity index (χ4v) is 2.81. The van der Waals surface area contributed by atoms with E-state index in [4.69, 9.17) is 11.6 Å². The van der Waals surface area contributed by atoms with E-state index in [9.17, 15) is 4.79 Å². The van der Waals surface area contributed by atoms with Crippen molar-refractivity contribution in [3.05, 3.63) is 76.6 Å². The Kier molecular flexibility index (Phi) is 6.04. The van der Waals surface area contributed by atoms with E-state index in [1.807, 2.05) is 68.4 Å². The summed E-state index contributed by atoms with van der Waals surface area (Å²) < 4.78 is 0. The molecule has 2 aromatic carbocycles. The van der Waals surface area contributed by atoms with Gasteiger partial charge in [0.2, 0.25) is 11.9 Å². The zero-order valence-electron chi connectivity index (χ0n) is 15.3. The zero-order valence-corrected chi connectivity index (χ0v) is 16.0. The van der Waals surface area contributed by atoms with Crippen molar-refractivity contribution in [2.24, 2.45) is 0 Å². The average molecular weight is 381 g/mol. The number of rotatable bonds is 6. The van der Waals surface area contributed by atoms with Crippen LogP contribution in [0.1, 0.15) is 23.4 Å². The lowest BCUT2D eigenvalue weighted by atomic mass is 10.1. The minimum absolute atomic E-state index is 0.0247. The maximum absolute atomic E-state index is 12.1. The molecule has 2 N–H and O–H groups in total. The third-order valence-electron chi connectivity index (χ3n) is 3.96. The van der Waals surface area contributed by atoms with E-state index >= 15 is 0 Å². The summed E-state index contributed by atoms with van der Waals surface area (Å²) in [4.78, 5) is 20.8. The Labute approximate surface area is 163 Å². The normalized spacial score (nSPS) is 10.5. The highest BCUT2D eigenvalue weighted by Gasteiger charge is 2.05. The topological polar surface area (TPSA) is 66.9 Å². The summed E-state index contributed by atoms with van der Waals surface area (Å²) in [7, 11) is 0. The first kappa shape index (κ1) is 18.9. The number of nitrogens with one attached hydrogen (secondary N) is 2. The maximum Gasteiger partial charge on any atom is 0.227 e. The van der Waals surface area contributed by atoms with Crippen molar-refractivity contribution in [3.8, 4) is 0 Å². The van der Waals surface area contributed by atoms with E-state index in [1.165, 1.54) is 0 Å². The fraction of sp³-hybridized carbons (Fsp3) is 0.190. The van der Waals surface area contributed by atoms with Gasteiger partial charge in [-0.15, -0.1) is 0 Å². The van der Waals surface area contributed by atoms with Gasteiger partial charge in [-0.3, -0.25) is 4.79 Å². The molecule has 0 aliphatic rings. The van der Waals surface area contributed by atoms with E-state index in [0.29, 0.717) is 23.8 Å². The van der Waals surface area contributed by atoms with Gasteiger partial charge in [0.15, 0.2) is 0 Å². The van der Waals surface area contributed by atoms with E-state index in [0.717, 1.165) is 28.3 Å². The Balaban J connectivity index is 1.53. The van der Waals surface area contributed by atoms with Crippen LogP contribution in [-0.2, 0) is 11.2 Å². The largest absolute Gasteiger partial charge is 0.326 e. The molecule has 5 nitrogen and oxygen atoms in total. The van der Waals surface area contributed by atoms with Crippen molar-refractivity contribution in [1.29, 1.82) is 0 Å². The predicted molar refractivity (Wildman–Crippen MR) is 110 cm³/mol. The molecule has 1 heterocycles. The van der Waals surface area contributed by atoms with Gasteiger partial charge in [0.05, 0.1) is 0 Å². The van der Waals surface area contributed by atoms with Gasteiger partial charge >= 0.3 is 0 Å². The Bertz CT molecular complexity index is 904. The van der Waals surface area contributed by atoms with Crippen LogP contribution in [0, 0.1) is 13.8 Å². The molecule has 0 spiro atoms. The van der Waals surface area contributed by atoms with Crippen LogP contribution in [0.15, 0.2) is 54.6 Å². The third kappa shape index (κ3) is 5.79. The lowest BCUT2D eigenvalue weighted by Crippen LogP contribution is -2.12. The van der Waals surface area contributed by atoms with Crippen molar-refractivity contribution in [3.63, 3.8) is 0 Å². The van der Waals surface area contributed by atoms with Crippen molar-refractivity contribution < 1.29 is 4.79 Å². The smallest absolute Gasteiger partial charge is 0.227 e. The van der Waals surface area contributed by atoms with Gasteiger partial charge in [-0.25, -0.2) is 9.97 Å². The highest BCUT2D eigenvalue weighted by Crippen LogP contribution is 2.18. The molecule has 0 aliphatic heterocycles. The van der Waals surface area contributed by atoms with Gasteiger partial charge in [0, 0.05) is 34.2 Å². The molecule has 138 valence electrons. The monoisotopic (exact) mass is 380 g/mol. The number of nitrogens with zero attached hydrogens (tertiary/aromatic N) is 2. The lowest BCUT2D eigenvalue weighted by Gasteiger charge is -2.09. The van der Waals surface area contributed by atoms with Crippen LogP contribution in [0.4, 0.5) is 17.3 Å². The van der Waals surface area contributed by atoms with Gasteiger partial charge in [0.1, 0.15) is 0 Å². The van der Waals surface area contributed by atoms with Crippen LogP contribution in [0.3, 0.4) is 0 Å². The summed E-state index contributed by atoms with van der Waals surface area (Å²) in [6.45, 7) is 3.87. The molecule has 0 saturated carbocycles. The van der Waals surface area contributed by atoms with E-state index in [2.05, 4.69) is 20.6 Å². The molecule has 0 aliphatic carbocycles. The Morgan fingerprint density at radius 3 is 2.15 bits per heavy atom. The molecule has 0 bridgehead atoms. The molecule has 0 unspecified atom stereocenters. The summed E-state index contributed by atoms with van der Waals surface area (Å²) in [6, 6.07) is 16.9. The van der Waals surface area contributed by atoms with Gasteiger partial charge in [0.25, 0.3) is 0 Å². The second kappa shape index (κ2) is 8.64. The van der Waals surface area contributed by atoms with Gasteiger partial charge in [-0.1, -0.05) is 23.7 Å². The van der Waals surface area contributed by atoms with E-state index < -0.39 is 0 Å². The first-order chi connectivity index (χ1) is 13.0. The van der Waals surface area contributed by atoms with Gasteiger partial charge in [-0.05, 0) is 68.3 Å². The Hall–Kier alpha value is -2.92. The minimum atomic E-state index is -0.0247. The molecule has 0 atom stereocenters. The predicted octanol–water partition coefficient (Wildman–Crippen LogP) is 5.06. The van der Waals surface area contributed by atoms with Crippen LogP contribution >= 0.6 is 11.6 Å². The van der Waals surface area contributed by atoms with Crippen LogP contribution in [0.5, 0.6) is 0 Å². The Morgan fingerprint density at radius 1 is 0.926 bits per heavy atom. The molecule has 3 rings (SSSR count). The van der Waals surface area contributed by atoms with Crippen LogP contribution in [0.25, 0.3) is 0 Å². The third-order valence-corrected chi connectivity index (χ3v) is 4.21. The van der Waals surface area contributed by atoms with Crippen molar-refractivity contribution in [1.82, 2.24) is 9.97 Å². The summed E-state index contributed by atoms with van der Waals surface area (Å²) in [5.74, 6) is 0.538.